The Hall–Kier alpha value is -2.82. The summed E-state index contributed by atoms with van der Waals surface area (Å²) in [6.07, 6.45) is 5.59. The molecule has 0 fully saturated rings. The van der Waals surface area contributed by atoms with Crippen molar-refractivity contribution in [3.8, 4) is 5.88 Å². The molecule has 23 heavy (non-hydrogen) atoms. The van der Waals surface area contributed by atoms with Gasteiger partial charge in [0.15, 0.2) is 0 Å². The number of hydrogen-bond acceptors (Lipinski definition) is 4. The molecule has 0 amide bonds. The van der Waals surface area contributed by atoms with Crippen molar-refractivity contribution in [1.82, 2.24) is 9.97 Å². The first-order chi connectivity index (χ1) is 11.1. The van der Waals surface area contributed by atoms with Crippen molar-refractivity contribution in [2.75, 3.05) is 14.2 Å². The Kier molecular flexibility index (Phi) is 4.02. The molecule has 2 aromatic heterocycles. The number of aliphatic imine (C=N–C) groups is 1. The van der Waals surface area contributed by atoms with E-state index >= 15 is 0 Å². The van der Waals surface area contributed by atoms with Crippen LogP contribution >= 0.6 is 0 Å². The van der Waals surface area contributed by atoms with E-state index in [4.69, 9.17) is 9.47 Å². The molecule has 0 saturated carbocycles. The molecule has 0 radical (unpaired) electrons. The lowest BCUT2D eigenvalue weighted by Crippen LogP contribution is -2.00. The number of hydrogen-bond donors (Lipinski definition) is 1. The minimum Gasteiger partial charge on any atom is -0.494 e. The number of aromatic amines is 1. The molecule has 1 aliphatic heterocycles. The van der Waals surface area contributed by atoms with Crippen LogP contribution in [-0.2, 0) is 4.74 Å². The van der Waals surface area contributed by atoms with Crippen LogP contribution in [0.5, 0.6) is 5.88 Å². The molecule has 0 spiro atoms. The standard InChI is InChI=1S/C18H19N3O2/c1-11-8-12(2)20-14(11)9-16-17(22-3)10-15(21-16)13-6-5-7-19-18(13)23-4/h5-10,20H,1-4H3. The second-order valence-corrected chi connectivity index (χ2v) is 5.35. The molecule has 3 rings (SSSR count). The van der Waals surface area contributed by atoms with Gasteiger partial charge in [0.1, 0.15) is 11.5 Å². The van der Waals surface area contributed by atoms with E-state index in [0.717, 1.165) is 34.1 Å². The van der Waals surface area contributed by atoms with Crippen molar-refractivity contribution < 1.29 is 9.47 Å². The molecule has 0 bridgehead atoms. The summed E-state index contributed by atoms with van der Waals surface area (Å²) >= 11 is 0. The van der Waals surface area contributed by atoms with Gasteiger partial charge in [0.25, 0.3) is 0 Å². The number of pyridine rings is 1. The Labute approximate surface area is 135 Å². The highest BCUT2D eigenvalue weighted by atomic mass is 16.5. The molecule has 1 N–H and O–H groups in total. The van der Waals surface area contributed by atoms with Crippen molar-refractivity contribution in [3.63, 3.8) is 0 Å². The van der Waals surface area contributed by atoms with E-state index in [1.54, 1.807) is 20.4 Å². The summed E-state index contributed by atoms with van der Waals surface area (Å²) in [7, 11) is 3.25. The minimum absolute atomic E-state index is 0.547. The summed E-state index contributed by atoms with van der Waals surface area (Å²) in [6.45, 7) is 4.10. The van der Waals surface area contributed by atoms with Crippen LogP contribution in [-0.4, -0.2) is 29.9 Å². The number of H-pyrrole nitrogens is 1. The van der Waals surface area contributed by atoms with Gasteiger partial charge in [0, 0.05) is 23.7 Å². The van der Waals surface area contributed by atoms with Crippen molar-refractivity contribution in [2.24, 2.45) is 4.99 Å². The van der Waals surface area contributed by atoms with Crippen molar-refractivity contribution in [3.05, 3.63) is 64.4 Å². The summed E-state index contributed by atoms with van der Waals surface area (Å²) in [5.74, 6) is 1.27. The molecule has 3 heterocycles. The fraction of sp³-hybridized carbons (Fsp3) is 0.222. The molecule has 5 nitrogen and oxygen atoms in total. The molecule has 0 atom stereocenters. The lowest BCUT2D eigenvalue weighted by molar-refractivity contribution is 0.303. The van der Waals surface area contributed by atoms with E-state index in [0.29, 0.717) is 5.88 Å². The van der Waals surface area contributed by atoms with E-state index in [1.165, 1.54) is 5.56 Å². The third kappa shape index (κ3) is 2.90. The highest BCUT2D eigenvalue weighted by Gasteiger charge is 2.20. The van der Waals surface area contributed by atoms with Crippen LogP contribution < -0.4 is 4.74 Å². The van der Waals surface area contributed by atoms with E-state index in [1.807, 2.05) is 31.2 Å². The second-order valence-electron chi connectivity index (χ2n) is 5.35. The first-order valence-corrected chi connectivity index (χ1v) is 7.34. The zero-order chi connectivity index (χ0) is 16.4. The molecular formula is C18H19N3O2. The van der Waals surface area contributed by atoms with E-state index < -0.39 is 0 Å². The van der Waals surface area contributed by atoms with Gasteiger partial charge >= 0.3 is 0 Å². The van der Waals surface area contributed by atoms with Gasteiger partial charge in [-0.3, -0.25) is 0 Å². The number of rotatable bonds is 4. The van der Waals surface area contributed by atoms with Crippen molar-refractivity contribution in [2.45, 2.75) is 13.8 Å². The van der Waals surface area contributed by atoms with Crippen LogP contribution in [0.4, 0.5) is 0 Å². The van der Waals surface area contributed by atoms with E-state index in [-0.39, 0.29) is 0 Å². The predicted octanol–water partition coefficient (Wildman–Crippen LogP) is 3.41. The zero-order valence-electron chi connectivity index (χ0n) is 13.7. The lowest BCUT2D eigenvalue weighted by atomic mass is 10.1. The zero-order valence-corrected chi connectivity index (χ0v) is 13.7. The molecule has 0 unspecified atom stereocenters. The number of aromatic nitrogens is 2. The van der Waals surface area contributed by atoms with Crippen molar-refractivity contribution in [1.29, 1.82) is 0 Å². The van der Waals surface area contributed by atoms with Gasteiger partial charge in [0.05, 0.1) is 25.5 Å². The normalized spacial score (nSPS) is 15.6. The molecule has 2 aromatic rings. The maximum absolute atomic E-state index is 5.47. The Morgan fingerprint density at radius 3 is 2.65 bits per heavy atom. The first kappa shape index (κ1) is 15.1. The fourth-order valence-corrected chi connectivity index (χ4v) is 2.60. The number of ether oxygens (including phenoxy) is 2. The highest BCUT2D eigenvalue weighted by Crippen LogP contribution is 2.28. The molecule has 5 heteroatoms. The first-order valence-electron chi connectivity index (χ1n) is 7.34. The molecule has 1 aliphatic rings. The van der Waals surface area contributed by atoms with Gasteiger partial charge in [0.2, 0.25) is 5.88 Å². The topological polar surface area (TPSA) is 59.5 Å². The Morgan fingerprint density at radius 2 is 2.00 bits per heavy atom. The maximum Gasteiger partial charge on any atom is 0.222 e. The summed E-state index contributed by atoms with van der Waals surface area (Å²) in [6, 6.07) is 5.90. The number of methoxy groups -OCH3 is 2. The maximum atomic E-state index is 5.47. The smallest absolute Gasteiger partial charge is 0.222 e. The summed E-state index contributed by atoms with van der Waals surface area (Å²) < 4.78 is 10.8. The van der Waals surface area contributed by atoms with Gasteiger partial charge in [-0.1, -0.05) is 0 Å². The van der Waals surface area contributed by atoms with Gasteiger partial charge in [-0.15, -0.1) is 0 Å². The largest absolute Gasteiger partial charge is 0.494 e. The van der Waals surface area contributed by atoms with Gasteiger partial charge in [-0.2, -0.15) is 0 Å². The Morgan fingerprint density at radius 1 is 1.17 bits per heavy atom. The quantitative estimate of drug-likeness (QED) is 0.941. The average molecular weight is 309 g/mol. The van der Waals surface area contributed by atoms with Crippen molar-refractivity contribution >= 4 is 11.8 Å². The fourth-order valence-electron chi connectivity index (χ4n) is 2.60. The minimum atomic E-state index is 0.547. The van der Waals surface area contributed by atoms with Gasteiger partial charge < -0.3 is 14.5 Å². The average Bonchev–Trinajstić information content (AvgIpc) is 3.10. The third-order valence-corrected chi connectivity index (χ3v) is 3.69. The number of nitrogens with one attached hydrogen (secondary N) is 1. The predicted molar refractivity (Wildman–Crippen MR) is 90.7 cm³/mol. The van der Waals surface area contributed by atoms with E-state index in [9.17, 15) is 0 Å². The Balaban J connectivity index is 2.04. The van der Waals surface area contributed by atoms with Gasteiger partial charge in [-0.05, 0) is 43.7 Å². The van der Waals surface area contributed by atoms with Crippen LogP contribution in [0.3, 0.4) is 0 Å². The molecule has 0 aliphatic carbocycles. The Bertz CT molecular complexity index is 829. The SMILES string of the molecule is COC1=CC(c2cccnc2OC)=NC1=Cc1[nH]c(C)cc1C. The monoisotopic (exact) mass is 309 g/mol. The second kappa shape index (κ2) is 6.12. The van der Waals surface area contributed by atoms with Crippen LogP contribution in [0.2, 0.25) is 0 Å². The third-order valence-electron chi connectivity index (χ3n) is 3.69. The highest BCUT2D eigenvalue weighted by molar-refractivity contribution is 6.13. The van der Waals surface area contributed by atoms with Crippen LogP contribution in [0.25, 0.3) is 6.08 Å². The summed E-state index contributed by atoms with van der Waals surface area (Å²) in [4.78, 5) is 12.2. The summed E-state index contributed by atoms with van der Waals surface area (Å²) in [5, 5.41) is 0. The van der Waals surface area contributed by atoms with E-state index in [2.05, 4.69) is 28.0 Å². The van der Waals surface area contributed by atoms with Gasteiger partial charge in [-0.25, -0.2) is 9.98 Å². The summed E-state index contributed by atoms with van der Waals surface area (Å²) in [5.41, 5.74) is 5.72. The number of allylic oxidation sites excluding steroid dienone is 1. The number of nitrogens with zero attached hydrogens (tertiary/aromatic N) is 2. The van der Waals surface area contributed by atoms with Crippen LogP contribution in [0, 0.1) is 13.8 Å². The lowest BCUT2D eigenvalue weighted by Gasteiger charge is -2.04. The van der Waals surface area contributed by atoms with Crippen LogP contribution in [0.15, 0.2) is 46.9 Å². The molecule has 0 aromatic carbocycles. The molecule has 0 saturated heterocycles. The molecule has 118 valence electrons. The van der Waals surface area contributed by atoms with Crippen LogP contribution in [0.1, 0.15) is 22.5 Å². The molecular weight excluding hydrogens is 290 g/mol. The number of aryl methyl sites for hydroxylation is 2.